The smallest absolute Gasteiger partial charge is 0.126 e. The number of ether oxygens (including phenoxy) is 1. The summed E-state index contributed by atoms with van der Waals surface area (Å²) in [5.74, 6) is 0.200. The van der Waals surface area contributed by atoms with Gasteiger partial charge in [-0.1, -0.05) is 0 Å². The van der Waals surface area contributed by atoms with Crippen molar-refractivity contribution in [2.45, 2.75) is 20.0 Å². The van der Waals surface area contributed by atoms with Crippen molar-refractivity contribution in [3.8, 4) is 5.75 Å². The zero-order valence-electron chi connectivity index (χ0n) is 7.97. The normalized spacial score (nSPS) is 12.7. The summed E-state index contributed by atoms with van der Waals surface area (Å²) < 4.78 is 18.1. The molecule has 0 bridgehead atoms. The van der Waals surface area contributed by atoms with Crippen molar-refractivity contribution in [2.24, 2.45) is 0 Å². The van der Waals surface area contributed by atoms with Crippen LogP contribution in [0.2, 0.25) is 0 Å². The van der Waals surface area contributed by atoms with E-state index in [1.807, 2.05) is 0 Å². The summed E-state index contributed by atoms with van der Waals surface area (Å²) in [4.78, 5) is 0. The molecule has 1 rings (SSSR count). The van der Waals surface area contributed by atoms with Crippen LogP contribution >= 0.6 is 0 Å². The number of aliphatic hydroxyl groups excluding tert-OH is 1. The van der Waals surface area contributed by atoms with E-state index in [0.29, 0.717) is 16.9 Å². The van der Waals surface area contributed by atoms with Crippen molar-refractivity contribution in [1.29, 1.82) is 0 Å². The molecular formula is C10H13FO2. The SMILES string of the molecule is COc1cc(C)c(F)cc1[C@H](C)O. The van der Waals surface area contributed by atoms with Crippen LogP contribution in [0.1, 0.15) is 24.2 Å². The van der Waals surface area contributed by atoms with Gasteiger partial charge in [-0.15, -0.1) is 0 Å². The lowest BCUT2D eigenvalue weighted by Gasteiger charge is -2.12. The number of halogens is 1. The third kappa shape index (κ3) is 1.98. The second-order valence-electron chi connectivity index (χ2n) is 3.02. The molecule has 0 aliphatic carbocycles. The highest BCUT2D eigenvalue weighted by molar-refractivity contribution is 5.39. The van der Waals surface area contributed by atoms with Crippen molar-refractivity contribution >= 4 is 0 Å². The van der Waals surface area contributed by atoms with Crippen LogP contribution in [0.15, 0.2) is 12.1 Å². The van der Waals surface area contributed by atoms with E-state index in [4.69, 9.17) is 4.74 Å². The molecule has 0 aromatic heterocycles. The molecule has 72 valence electrons. The third-order valence-corrected chi connectivity index (χ3v) is 1.96. The Morgan fingerprint density at radius 1 is 1.46 bits per heavy atom. The summed E-state index contributed by atoms with van der Waals surface area (Å²) in [6.07, 6.45) is -0.718. The molecule has 13 heavy (non-hydrogen) atoms. The predicted molar refractivity (Wildman–Crippen MR) is 48.3 cm³/mol. The molecule has 3 heteroatoms. The van der Waals surface area contributed by atoms with Gasteiger partial charge in [0, 0.05) is 5.56 Å². The highest BCUT2D eigenvalue weighted by Gasteiger charge is 2.11. The first-order valence-electron chi connectivity index (χ1n) is 4.08. The molecule has 0 unspecified atom stereocenters. The lowest BCUT2D eigenvalue weighted by Crippen LogP contribution is -1.98. The van der Waals surface area contributed by atoms with Crippen LogP contribution in [0.25, 0.3) is 0 Å². The van der Waals surface area contributed by atoms with Crippen LogP contribution in [-0.2, 0) is 0 Å². The van der Waals surface area contributed by atoms with Gasteiger partial charge in [0.05, 0.1) is 13.2 Å². The van der Waals surface area contributed by atoms with Crippen LogP contribution in [0.4, 0.5) is 4.39 Å². The number of benzene rings is 1. The minimum Gasteiger partial charge on any atom is -0.496 e. The summed E-state index contributed by atoms with van der Waals surface area (Å²) in [6, 6.07) is 2.89. The molecule has 0 radical (unpaired) electrons. The molecule has 1 aromatic rings. The van der Waals surface area contributed by atoms with Crippen molar-refractivity contribution in [3.05, 3.63) is 29.1 Å². The number of rotatable bonds is 2. The van der Waals surface area contributed by atoms with Crippen LogP contribution < -0.4 is 4.74 Å². The first-order valence-corrected chi connectivity index (χ1v) is 4.08. The number of hydrogen-bond donors (Lipinski definition) is 1. The van der Waals surface area contributed by atoms with Crippen molar-refractivity contribution in [1.82, 2.24) is 0 Å². The van der Waals surface area contributed by atoms with E-state index in [9.17, 15) is 9.50 Å². The average Bonchev–Trinajstić information content (AvgIpc) is 2.08. The topological polar surface area (TPSA) is 29.5 Å². The highest BCUT2D eigenvalue weighted by Crippen LogP contribution is 2.27. The molecule has 1 aromatic carbocycles. The first kappa shape index (κ1) is 9.99. The van der Waals surface area contributed by atoms with Gasteiger partial charge in [0.2, 0.25) is 0 Å². The lowest BCUT2D eigenvalue weighted by atomic mass is 10.1. The predicted octanol–water partition coefficient (Wildman–Crippen LogP) is 2.20. The fraction of sp³-hybridized carbons (Fsp3) is 0.400. The minimum absolute atomic E-state index is 0.322. The summed E-state index contributed by atoms with van der Waals surface area (Å²) in [6.45, 7) is 3.23. The van der Waals surface area contributed by atoms with Crippen molar-refractivity contribution in [2.75, 3.05) is 7.11 Å². The molecule has 0 aliphatic rings. The number of aryl methyl sites for hydroxylation is 1. The maximum Gasteiger partial charge on any atom is 0.126 e. The van der Waals surface area contributed by atoms with Gasteiger partial charge < -0.3 is 9.84 Å². The molecular weight excluding hydrogens is 171 g/mol. The Morgan fingerprint density at radius 3 is 2.54 bits per heavy atom. The number of aliphatic hydroxyl groups is 1. The van der Waals surface area contributed by atoms with Crippen LogP contribution in [-0.4, -0.2) is 12.2 Å². The maximum absolute atomic E-state index is 13.1. The fourth-order valence-electron chi connectivity index (χ4n) is 1.17. The Bertz CT molecular complexity index is 308. The molecule has 0 fully saturated rings. The molecule has 0 saturated heterocycles. The van der Waals surface area contributed by atoms with E-state index in [-0.39, 0.29) is 5.82 Å². The Hall–Kier alpha value is -1.09. The quantitative estimate of drug-likeness (QED) is 0.763. The summed E-state index contributed by atoms with van der Waals surface area (Å²) in [5, 5.41) is 9.30. The second kappa shape index (κ2) is 3.75. The minimum atomic E-state index is -0.718. The summed E-state index contributed by atoms with van der Waals surface area (Å²) >= 11 is 0. The standard InChI is InChI=1S/C10H13FO2/c1-6-4-10(13-3)8(7(2)12)5-9(6)11/h4-5,7,12H,1-3H3/t7-/m0/s1. The van der Waals surface area contributed by atoms with Crippen LogP contribution in [0, 0.1) is 12.7 Å². The number of methoxy groups -OCH3 is 1. The average molecular weight is 184 g/mol. The van der Waals surface area contributed by atoms with Gasteiger partial charge >= 0.3 is 0 Å². The molecule has 2 nitrogen and oxygen atoms in total. The second-order valence-corrected chi connectivity index (χ2v) is 3.02. The van der Waals surface area contributed by atoms with Gasteiger partial charge in [0.1, 0.15) is 11.6 Å². The Kier molecular flexibility index (Phi) is 2.88. The van der Waals surface area contributed by atoms with Crippen molar-refractivity contribution in [3.63, 3.8) is 0 Å². The fourth-order valence-corrected chi connectivity index (χ4v) is 1.17. The van der Waals surface area contributed by atoms with Gasteiger partial charge in [-0.05, 0) is 31.5 Å². The van der Waals surface area contributed by atoms with Gasteiger partial charge in [-0.2, -0.15) is 0 Å². The molecule has 1 N–H and O–H groups in total. The van der Waals surface area contributed by atoms with Crippen LogP contribution in [0.5, 0.6) is 5.75 Å². The molecule has 0 aliphatic heterocycles. The zero-order valence-corrected chi connectivity index (χ0v) is 7.97. The van der Waals surface area contributed by atoms with Crippen LogP contribution in [0.3, 0.4) is 0 Å². The maximum atomic E-state index is 13.1. The Balaban J connectivity index is 3.25. The van der Waals surface area contributed by atoms with E-state index in [1.165, 1.54) is 13.2 Å². The highest BCUT2D eigenvalue weighted by atomic mass is 19.1. The van der Waals surface area contributed by atoms with E-state index in [1.54, 1.807) is 19.9 Å². The molecule has 0 heterocycles. The summed E-state index contributed by atoms with van der Waals surface area (Å²) in [5.41, 5.74) is 0.992. The van der Waals surface area contributed by atoms with Gasteiger partial charge in [0.25, 0.3) is 0 Å². The monoisotopic (exact) mass is 184 g/mol. The largest absolute Gasteiger partial charge is 0.496 e. The Morgan fingerprint density at radius 2 is 2.08 bits per heavy atom. The van der Waals surface area contributed by atoms with Gasteiger partial charge in [-0.25, -0.2) is 4.39 Å². The van der Waals surface area contributed by atoms with Gasteiger partial charge in [0.15, 0.2) is 0 Å². The van der Waals surface area contributed by atoms with Crippen molar-refractivity contribution < 1.29 is 14.2 Å². The lowest BCUT2D eigenvalue weighted by molar-refractivity contribution is 0.193. The third-order valence-electron chi connectivity index (χ3n) is 1.96. The van der Waals surface area contributed by atoms with E-state index in [0.717, 1.165) is 0 Å². The molecule has 1 atom stereocenters. The summed E-state index contributed by atoms with van der Waals surface area (Å²) in [7, 11) is 1.50. The first-order chi connectivity index (χ1) is 6.06. The molecule has 0 amide bonds. The Labute approximate surface area is 77.0 Å². The van der Waals surface area contributed by atoms with E-state index >= 15 is 0 Å². The van der Waals surface area contributed by atoms with E-state index in [2.05, 4.69) is 0 Å². The van der Waals surface area contributed by atoms with Gasteiger partial charge in [-0.3, -0.25) is 0 Å². The molecule has 0 saturated carbocycles. The molecule has 0 spiro atoms. The zero-order chi connectivity index (χ0) is 10.0. The van der Waals surface area contributed by atoms with E-state index < -0.39 is 6.10 Å². The number of hydrogen-bond acceptors (Lipinski definition) is 2.